The third kappa shape index (κ3) is 29.4. The van der Waals surface area contributed by atoms with Crippen LogP contribution >= 0.6 is 0 Å². The zero-order valence-electron chi connectivity index (χ0n) is 9.78. The topological polar surface area (TPSA) is 129 Å². The highest BCUT2D eigenvalue weighted by Gasteiger charge is 1.87. The molecule has 6 nitrogen and oxygen atoms in total. The molecule has 0 atom stereocenters. The Balaban J connectivity index is -0.000000169. The first-order valence-corrected chi connectivity index (χ1v) is 4.49. The molecule has 0 aliphatic rings. The summed E-state index contributed by atoms with van der Waals surface area (Å²) in [7, 11) is 0. The second kappa shape index (κ2) is 29.2. The molecule has 0 bridgehead atoms. The van der Waals surface area contributed by atoms with Crippen molar-refractivity contribution in [1.82, 2.24) is 12.3 Å². The standard InChI is InChI=1S/C8H12N2O2.C2H4.2H3N/c11-7-9-5-3-1-2-4-6-10-8-12;1-2;;/h1-6H2;1-2H2;2*1H3. The third-order valence-electron chi connectivity index (χ3n) is 1.42. The molecule has 0 radical (unpaired) electrons. The van der Waals surface area contributed by atoms with Gasteiger partial charge in [0.05, 0.1) is 13.1 Å². The van der Waals surface area contributed by atoms with E-state index in [2.05, 4.69) is 23.1 Å². The van der Waals surface area contributed by atoms with Crippen molar-refractivity contribution in [2.24, 2.45) is 9.98 Å². The molecule has 0 aromatic heterocycles. The summed E-state index contributed by atoms with van der Waals surface area (Å²) >= 11 is 0. The van der Waals surface area contributed by atoms with Crippen LogP contribution in [-0.2, 0) is 9.59 Å². The van der Waals surface area contributed by atoms with E-state index in [1.54, 1.807) is 0 Å². The van der Waals surface area contributed by atoms with E-state index in [1.807, 2.05) is 0 Å². The van der Waals surface area contributed by atoms with Crippen LogP contribution in [0, 0.1) is 0 Å². The maximum atomic E-state index is 9.63. The van der Waals surface area contributed by atoms with Crippen LogP contribution < -0.4 is 12.3 Å². The number of unbranched alkanes of at least 4 members (excludes halogenated alkanes) is 3. The van der Waals surface area contributed by atoms with Crippen molar-refractivity contribution in [3.05, 3.63) is 13.2 Å². The Hall–Kier alpha value is -1.58. The van der Waals surface area contributed by atoms with Crippen LogP contribution in [0.1, 0.15) is 25.7 Å². The van der Waals surface area contributed by atoms with E-state index in [1.165, 1.54) is 12.2 Å². The fraction of sp³-hybridized carbons (Fsp3) is 0.600. The largest absolute Gasteiger partial charge is 0.344 e. The number of hydrogen-bond donors (Lipinski definition) is 2. The second-order valence-corrected chi connectivity index (χ2v) is 2.36. The van der Waals surface area contributed by atoms with Gasteiger partial charge in [-0.3, -0.25) is 0 Å². The summed E-state index contributed by atoms with van der Waals surface area (Å²) in [6.45, 7) is 7.11. The van der Waals surface area contributed by atoms with Crippen molar-refractivity contribution in [1.29, 1.82) is 0 Å². The van der Waals surface area contributed by atoms with Gasteiger partial charge in [-0.15, -0.1) is 13.2 Å². The number of rotatable bonds is 7. The molecular weight excluding hydrogens is 208 g/mol. The molecule has 16 heavy (non-hydrogen) atoms. The van der Waals surface area contributed by atoms with Gasteiger partial charge in [0.1, 0.15) is 0 Å². The number of isocyanates is 2. The Bertz CT molecular complexity index is 187. The van der Waals surface area contributed by atoms with E-state index in [-0.39, 0.29) is 12.3 Å². The fourth-order valence-corrected chi connectivity index (χ4v) is 0.827. The highest BCUT2D eigenvalue weighted by molar-refractivity contribution is 5.32. The Morgan fingerprint density at radius 1 is 0.750 bits per heavy atom. The summed E-state index contributed by atoms with van der Waals surface area (Å²) in [6.07, 6.45) is 6.80. The Morgan fingerprint density at radius 2 is 1.06 bits per heavy atom. The summed E-state index contributed by atoms with van der Waals surface area (Å²) in [5.41, 5.74) is 0. The van der Waals surface area contributed by atoms with E-state index in [0.717, 1.165) is 25.7 Å². The minimum Gasteiger partial charge on any atom is -0.344 e. The first kappa shape index (κ1) is 23.9. The SMILES string of the molecule is C=C.N.N.O=C=NCCCCCCN=C=O. The Labute approximate surface area is 96.7 Å². The normalized spacial score (nSPS) is 6.50. The molecule has 0 unspecified atom stereocenters. The summed E-state index contributed by atoms with van der Waals surface area (Å²) < 4.78 is 0. The van der Waals surface area contributed by atoms with Crippen LogP contribution in [0.2, 0.25) is 0 Å². The van der Waals surface area contributed by atoms with E-state index >= 15 is 0 Å². The monoisotopic (exact) mass is 230 g/mol. The number of nitrogens with zero attached hydrogens (tertiary/aromatic N) is 2. The highest BCUT2D eigenvalue weighted by Crippen LogP contribution is 1.99. The van der Waals surface area contributed by atoms with E-state index in [0.29, 0.717) is 13.1 Å². The number of hydrogen-bond acceptors (Lipinski definition) is 6. The van der Waals surface area contributed by atoms with Crippen LogP contribution in [0.3, 0.4) is 0 Å². The van der Waals surface area contributed by atoms with Gasteiger partial charge in [0.15, 0.2) is 0 Å². The van der Waals surface area contributed by atoms with E-state index in [4.69, 9.17) is 0 Å². The van der Waals surface area contributed by atoms with Gasteiger partial charge in [0, 0.05) is 0 Å². The summed E-state index contributed by atoms with van der Waals surface area (Å²) in [6, 6.07) is 0. The lowest BCUT2D eigenvalue weighted by atomic mass is 10.2. The average Bonchev–Trinajstić information content (AvgIpc) is 2.25. The maximum absolute atomic E-state index is 9.63. The molecule has 94 valence electrons. The molecule has 0 saturated carbocycles. The summed E-state index contributed by atoms with van der Waals surface area (Å²) in [5, 5.41) is 0. The molecule has 6 N–H and O–H groups in total. The first-order valence-electron chi connectivity index (χ1n) is 4.49. The van der Waals surface area contributed by atoms with Crippen molar-refractivity contribution in [3.63, 3.8) is 0 Å². The molecule has 0 aliphatic carbocycles. The van der Waals surface area contributed by atoms with Crippen molar-refractivity contribution in [2.45, 2.75) is 25.7 Å². The molecule has 0 heterocycles. The average molecular weight is 230 g/mol. The van der Waals surface area contributed by atoms with Gasteiger partial charge in [0.2, 0.25) is 12.2 Å². The first-order chi connectivity index (χ1) is 6.91. The van der Waals surface area contributed by atoms with Gasteiger partial charge in [-0.1, -0.05) is 12.8 Å². The quantitative estimate of drug-likeness (QED) is 0.301. The van der Waals surface area contributed by atoms with E-state index < -0.39 is 0 Å². The Kier molecular flexibility index (Phi) is 43.7. The third-order valence-corrected chi connectivity index (χ3v) is 1.42. The number of carbonyl (C=O) groups excluding carboxylic acids is 2. The van der Waals surface area contributed by atoms with E-state index in [9.17, 15) is 9.59 Å². The van der Waals surface area contributed by atoms with Crippen LogP contribution in [0.5, 0.6) is 0 Å². The van der Waals surface area contributed by atoms with Gasteiger partial charge in [-0.25, -0.2) is 19.6 Å². The van der Waals surface area contributed by atoms with Crippen LogP contribution in [0.4, 0.5) is 0 Å². The highest BCUT2D eigenvalue weighted by atomic mass is 16.1. The molecule has 0 spiro atoms. The molecule has 0 rings (SSSR count). The molecule has 0 aromatic carbocycles. The second-order valence-electron chi connectivity index (χ2n) is 2.36. The minimum atomic E-state index is 0. The Morgan fingerprint density at radius 3 is 1.31 bits per heavy atom. The lowest BCUT2D eigenvalue weighted by Gasteiger charge is -1.93. The molecular formula is C10H22N4O2. The van der Waals surface area contributed by atoms with Crippen LogP contribution in [-0.4, -0.2) is 25.2 Å². The van der Waals surface area contributed by atoms with Gasteiger partial charge >= 0.3 is 0 Å². The smallest absolute Gasteiger partial charge is 0.234 e. The summed E-state index contributed by atoms with van der Waals surface area (Å²) in [4.78, 5) is 26.1. The zero-order chi connectivity index (χ0) is 11.1. The minimum absolute atomic E-state index is 0. The van der Waals surface area contributed by atoms with Crippen molar-refractivity contribution >= 4 is 12.2 Å². The van der Waals surface area contributed by atoms with Gasteiger partial charge in [-0.05, 0) is 12.8 Å². The lowest BCUT2D eigenvalue weighted by molar-refractivity contribution is 0.558. The van der Waals surface area contributed by atoms with Gasteiger partial charge in [0.25, 0.3) is 0 Å². The molecule has 0 aliphatic heterocycles. The van der Waals surface area contributed by atoms with Crippen molar-refractivity contribution < 1.29 is 9.59 Å². The molecule has 0 amide bonds. The maximum Gasteiger partial charge on any atom is 0.234 e. The van der Waals surface area contributed by atoms with Crippen molar-refractivity contribution in [3.8, 4) is 0 Å². The molecule has 0 fully saturated rings. The molecule has 0 aromatic rings. The predicted molar refractivity (Wildman–Crippen MR) is 65.7 cm³/mol. The van der Waals surface area contributed by atoms with Crippen LogP contribution in [0.25, 0.3) is 0 Å². The van der Waals surface area contributed by atoms with Crippen molar-refractivity contribution in [2.75, 3.05) is 13.1 Å². The summed E-state index contributed by atoms with van der Waals surface area (Å²) in [5.74, 6) is 0. The van der Waals surface area contributed by atoms with Crippen LogP contribution in [0.15, 0.2) is 23.1 Å². The van der Waals surface area contributed by atoms with Gasteiger partial charge in [-0.2, -0.15) is 0 Å². The van der Waals surface area contributed by atoms with Gasteiger partial charge < -0.3 is 12.3 Å². The lowest BCUT2D eigenvalue weighted by Crippen LogP contribution is -1.84. The molecule has 0 saturated heterocycles. The number of aliphatic imine (C=N–C) groups is 2. The predicted octanol–water partition coefficient (Wildman–Crippen LogP) is 2.34. The molecule has 6 heteroatoms. The fourth-order valence-electron chi connectivity index (χ4n) is 0.827. The zero-order valence-corrected chi connectivity index (χ0v) is 9.78.